The first-order valence-electron chi connectivity index (χ1n) is 7.65. The Hall–Kier alpha value is -2.49. The lowest BCUT2D eigenvalue weighted by Gasteiger charge is -2.12. The maximum absolute atomic E-state index is 13.0. The summed E-state index contributed by atoms with van der Waals surface area (Å²) in [6, 6.07) is 3.60. The molecule has 0 aliphatic rings. The minimum atomic E-state index is -4.75. The molecule has 3 aromatic heterocycles. The summed E-state index contributed by atoms with van der Waals surface area (Å²) in [5, 5.41) is -0.634. The summed E-state index contributed by atoms with van der Waals surface area (Å²) in [6.45, 7) is 3.17. The van der Waals surface area contributed by atoms with Gasteiger partial charge in [0.1, 0.15) is 17.0 Å². The van der Waals surface area contributed by atoms with E-state index < -0.39 is 26.7 Å². The molecule has 0 amide bonds. The number of rotatable bonds is 3. The quantitative estimate of drug-likeness (QED) is 0.693. The number of hydrogen-bond donors (Lipinski definition) is 0. The molecule has 0 N–H and O–H groups in total. The molecule has 0 aromatic carbocycles. The molecule has 0 radical (unpaired) electrons. The Bertz CT molecular complexity index is 1100. The lowest BCUT2D eigenvalue weighted by molar-refractivity contribution is -0.141. The smallest absolute Gasteiger partial charge is 0.312 e. The standard InChI is InChI=1S/C16H15F3N4O2S/c1-4-26(24,25)15-10(5-6-12(22-15)16(17,18)19)13-21-11-7-9(2)8-20-14(11)23(13)3/h5-8H,4H2,1-3H3. The molecule has 3 rings (SSSR count). The highest BCUT2D eigenvalue weighted by molar-refractivity contribution is 7.91. The zero-order chi connectivity index (χ0) is 19.3. The second kappa shape index (κ2) is 6.04. The van der Waals surface area contributed by atoms with Crippen molar-refractivity contribution in [1.29, 1.82) is 0 Å². The van der Waals surface area contributed by atoms with Crippen molar-refractivity contribution >= 4 is 21.0 Å². The number of pyridine rings is 2. The maximum Gasteiger partial charge on any atom is 0.433 e. The lowest BCUT2D eigenvalue weighted by atomic mass is 10.2. The lowest BCUT2D eigenvalue weighted by Crippen LogP contribution is -2.15. The Morgan fingerprint density at radius 3 is 2.50 bits per heavy atom. The monoisotopic (exact) mass is 384 g/mol. The molecular weight excluding hydrogens is 369 g/mol. The predicted octanol–water partition coefficient (Wildman–Crippen LogP) is 3.15. The van der Waals surface area contributed by atoms with E-state index in [4.69, 9.17) is 0 Å². The molecule has 0 saturated carbocycles. The van der Waals surface area contributed by atoms with E-state index in [2.05, 4.69) is 15.0 Å². The van der Waals surface area contributed by atoms with Crippen LogP contribution in [0.15, 0.2) is 29.4 Å². The van der Waals surface area contributed by atoms with Gasteiger partial charge in [-0.1, -0.05) is 6.92 Å². The highest BCUT2D eigenvalue weighted by atomic mass is 32.2. The maximum atomic E-state index is 13.0. The Morgan fingerprint density at radius 1 is 1.19 bits per heavy atom. The average molecular weight is 384 g/mol. The fourth-order valence-corrected chi connectivity index (χ4v) is 3.57. The Balaban J connectivity index is 2.33. The van der Waals surface area contributed by atoms with Crippen molar-refractivity contribution in [2.45, 2.75) is 25.0 Å². The molecular formula is C16H15F3N4O2S. The minimum absolute atomic E-state index is 0.0120. The van der Waals surface area contributed by atoms with Crippen LogP contribution in [0.1, 0.15) is 18.2 Å². The summed E-state index contributed by atoms with van der Waals surface area (Å²) < 4.78 is 65.3. The van der Waals surface area contributed by atoms with E-state index in [0.29, 0.717) is 11.2 Å². The van der Waals surface area contributed by atoms with Gasteiger partial charge in [-0.25, -0.2) is 23.4 Å². The van der Waals surface area contributed by atoms with E-state index in [1.807, 2.05) is 6.92 Å². The van der Waals surface area contributed by atoms with Crippen molar-refractivity contribution in [3.05, 3.63) is 35.7 Å². The van der Waals surface area contributed by atoms with Crippen LogP contribution in [-0.4, -0.2) is 33.7 Å². The van der Waals surface area contributed by atoms with Gasteiger partial charge in [-0.05, 0) is 30.7 Å². The number of hydrogen-bond acceptors (Lipinski definition) is 5. The van der Waals surface area contributed by atoms with Gasteiger partial charge in [0.05, 0.1) is 11.3 Å². The van der Waals surface area contributed by atoms with Crippen molar-refractivity contribution in [1.82, 2.24) is 19.5 Å². The first-order chi connectivity index (χ1) is 12.0. The van der Waals surface area contributed by atoms with Crippen LogP contribution >= 0.6 is 0 Å². The first kappa shape index (κ1) is 18.3. The van der Waals surface area contributed by atoms with Gasteiger partial charge < -0.3 is 4.57 Å². The van der Waals surface area contributed by atoms with Gasteiger partial charge >= 0.3 is 6.18 Å². The highest BCUT2D eigenvalue weighted by Crippen LogP contribution is 2.33. The van der Waals surface area contributed by atoms with Crippen LogP contribution < -0.4 is 0 Å². The molecule has 0 atom stereocenters. The summed E-state index contributed by atoms with van der Waals surface area (Å²) in [5.41, 5.74) is 0.612. The van der Waals surface area contributed by atoms with Crippen LogP contribution in [0.25, 0.3) is 22.6 Å². The number of alkyl halides is 3. The Labute approximate surface area is 147 Å². The molecule has 10 heteroatoms. The average Bonchev–Trinajstić information content (AvgIpc) is 2.89. The van der Waals surface area contributed by atoms with Gasteiger partial charge in [-0.2, -0.15) is 13.2 Å². The Kier molecular flexibility index (Phi) is 4.26. The number of halogens is 3. The number of fused-ring (bicyclic) bond motifs is 1. The largest absolute Gasteiger partial charge is 0.433 e. The van der Waals surface area contributed by atoms with E-state index in [0.717, 1.165) is 17.7 Å². The fourth-order valence-electron chi connectivity index (χ4n) is 2.56. The van der Waals surface area contributed by atoms with Gasteiger partial charge in [0.25, 0.3) is 0 Å². The van der Waals surface area contributed by atoms with Crippen molar-refractivity contribution in [2.24, 2.45) is 7.05 Å². The van der Waals surface area contributed by atoms with Crippen LogP contribution in [0.4, 0.5) is 13.2 Å². The van der Waals surface area contributed by atoms with Crippen molar-refractivity contribution in [3.8, 4) is 11.4 Å². The van der Waals surface area contributed by atoms with Gasteiger partial charge in [0.2, 0.25) is 0 Å². The molecule has 0 spiro atoms. The first-order valence-corrected chi connectivity index (χ1v) is 9.30. The molecule has 0 saturated heterocycles. The van der Waals surface area contributed by atoms with Crippen LogP contribution in [-0.2, 0) is 23.1 Å². The zero-order valence-corrected chi connectivity index (χ0v) is 15.0. The van der Waals surface area contributed by atoms with Gasteiger partial charge in [-0.3, -0.25) is 0 Å². The molecule has 0 aliphatic heterocycles. The summed E-state index contributed by atoms with van der Waals surface area (Å²) >= 11 is 0. The number of nitrogens with zero attached hydrogens (tertiary/aromatic N) is 4. The molecule has 3 heterocycles. The number of imidazole rings is 1. The van der Waals surface area contributed by atoms with Gasteiger partial charge in [-0.15, -0.1) is 0 Å². The summed E-state index contributed by atoms with van der Waals surface area (Å²) in [4.78, 5) is 12.0. The topological polar surface area (TPSA) is 77.7 Å². The van der Waals surface area contributed by atoms with E-state index in [1.165, 1.54) is 11.5 Å². The number of aromatic nitrogens is 4. The number of aryl methyl sites for hydroxylation is 2. The van der Waals surface area contributed by atoms with E-state index in [9.17, 15) is 21.6 Å². The van der Waals surface area contributed by atoms with Crippen LogP contribution in [0.5, 0.6) is 0 Å². The van der Waals surface area contributed by atoms with Crippen molar-refractivity contribution < 1.29 is 21.6 Å². The van der Waals surface area contributed by atoms with Gasteiger partial charge in [0.15, 0.2) is 20.5 Å². The Morgan fingerprint density at radius 2 is 1.88 bits per heavy atom. The SMILES string of the molecule is CCS(=O)(=O)c1nc(C(F)(F)F)ccc1-c1nc2cc(C)cnc2n1C. The molecule has 0 bridgehead atoms. The van der Waals surface area contributed by atoms with Crippen LogP contribution in [0.2, 0.25) is 0 Å². The van der Waals surface area contributed by atoms with Crippen LogP contribution in [0, 0.1) is 6.92 Å². The molecule has 26 heavy (non-hydrogen) atoms. The molecule has 138 valence electrons. The van der Waals surface area contributed by atoms with Crippen molar-refractivity contribution in [2.75, 3.05) is 5.75 Å². The third-order valence-corrected chi connectivity index (χ3v) is 5.57. The van der Waals surface area contributed by atoms with E-state index in [1.54, 1.807) is 19.3 Å². The second-order valence-electron chi connectivity index (χ2n) is 5.80. The third-order valence-electron chi connectivity index (χ3n) is 3.91. The molecule has 6 nitrogen and oxygen atoms in total. The van der Waals surface area contributed by atoms with E-state index in [-0.39, 0.29) is 17.1 Å². The zero-order valence-electron chi connectivity index (χ0n) is 14.2. The molecule has 0 aliphatic carbocycles. The fraction of sp³-hybridized carbons (Fsp3) is 0.312. The molecule has 3 aromatic rings. The molecule has 0 unspecified atom stereocenters. The molecule has 0 fully saturated rings. The van der Waals surface area contributed by atoms with E-state index >= 15 is 0 Å². The third kappa shape index (κ3) is 3.05. The predicted molar refractivity (Wildman–Crippen MR) is 89.2 cm³/mol. The van der Waals surface area contributed by atoms with Crippen LogP contribution in [0.3, 0.4) is 0 Å². The summed E-state index contributed by atoms with van der Waals surface area (Å²) in [6.07, 6.45) is -3.12. The number of sulfone groups is 1. The highest BCUT2D eigenvalue weighted by Gasteiger charge is 2.35. The minimum Gasteiger partial charge on any atom is -0.312 e. The summed E-state index contributed by atoms with van der Waals surface area (Å²) in [5.74, 6) is -0.193. The second-order valence-corrected chi connectivity index (χ2v) is 7.99. The normalized spacial score (nSPS) is 12.7. The van der Waals surface area contributed by atoms with Crippen molar-refractivity contribution in [3.63, 3.8) is 0 Å². The van der Waals surface area contributed by atoms with Gasteiger partial charge in [0, 0.05) is 13.2 Å². The summed E-state index contributed by atoms with van der Waals surface area (Å²) in [7, 11) is -2.39.